The first-order valence-electron chi connectivity index (χ1n) is 20.1. The van der Waals surface area contributed by atoms with Crippen molar-refractivity contribution in [2.75, 3.05) is 6.61 Å². The molecule has 1 aliphatic heterocycles. The van der Waals surface area contributed by atoms with Gasteiger partial charge in [-0.05, 0) is 149 Å². The predicted molar refractivity (Wildman–Crippen MR) is 212 cm³/mol. The van der Waals surface area contributed by atoms with Gasteiger partial charge in [-0.15, -0.1) is 0 Å². The Labute approximate surface area is 336 Å². The van der Waals surface area contributed by atoms with Gasteiger partial charge in [0.1, 0.15) is 12.7 Å². The predicted octanol–water partition coefficient (Wildman–Crippen LogP) is 8.45. The van der Waals surface area contributed by atoms with Crippen LogP contribution in [0.3, 0.4) is 0 Å². The standard InChI is InChI=1S/C44H74O12/c1-25-22-27(23-44(18,19)28(25)21-20-26(2)51-35(46)40(6,7)8)52-33-32(56-38(49)43(15,16)17)31(55-37(48)42(12,13)14)30(54-36(47)41(9,10)11)29(53-33)24-50-34(45)39(3,4)5/h26-27,29-33H,20-24H2,1-19H3/t26-,27+,29+,30+,31-,32+,33+/m0/s1. The normalized spacial score (nSPS) is 25.5. The highest BCUT2D eigenvalue weighted by Crippen LogP contribution is 2.45. The smallest absolute Gasteiger partial charge is 0.311 e. The molecule has 0 saturated carbocycles. The first-order chi connectivity index (χ1) is 25.1. The van der Waals surface area contributed by atoms with Crippen LogP contribution in [0, 0.1) is 32.5 Å². The summed E-state index contributed by atoms with van der Waals surface area (Å²) >= 11 is 0. The minimum absolute atomic E-state index is 0.241. The lowest BCUT2D eigenvalue weighted by Crippen LogP contribution is -2.64. The Hall–Kier alpha value is -2.99. The maximum absolute atomic E-state index is 13.7. The van der Waals surface area contributed by atoms with Crippen molar-refractivity contribution in [2.24, 2.45) is 32.5 Å². The first-order valence-corrected chi connectivity index (χ1v) is 20.1. The summed E-state index contributed by atoms with van der Waals surface area (Å²) in [6.45, 7) is 33.7. The van der Waals surface area contributed by atoms with E-state index in [4.69, 9.17) is 33.2 Å². The maximum Gasteiger partial charge on any atom is 0.311 e. The number of esters is 5. The van der Waals surface area contributed by atoms with Gasteiger partial charge in [0, 0.05) is 0 Å². The second kappa shape index (κ2) is 17.9. The van der Waals surface area contributed by atoms with Crippen molar-refractivity contribution >= 4 is 29.8 Å². The number of carbonyl (C=O) groups excluding carboxylic acids is 5. The van der Waals surface area contributed by atoms with E-state index in [1.165, 1.54) is 5.57 Å². The summed E-state index contributed by atoms with van der Waals surface area (Å²) in [5, 5.41) is 0. The van der Waals surface area contributed by atoms with Crippen LogP contribution >= 0.6 is 0 Å². The van der Waals surface area contributed by atoms with Gasteiger partial charge >= 0.3 is 29.8 Å². The molecule has 1 saturated heterocycles. The van der Waals surface area contributed by atoms with E-state index in [0.29, 0.717) is 19.3 Å². The molecule has 0 spiro atoms. The fourth-order valence-corrected chi connectivity index (χ4v) is 6.21. The third kappa shape index (κ3) is 13.8. The molecule has 7 atom stereocenters. The highest BCUT2D eigenvalue weighted by molar-refractivity contribution is 5.78. The van der Waals surface area contributed by atoms with E-state index in [9.17, 15) is 24.0 Å². The summed E-state index contributed by atoms with van der Waals surface area (Å²) in [6.07, 6.45) is -4.81. The quantitative estimate of drug-likeness (QED) is 0.112. The van der Waals surface area contributed by atoms with E-state index >= 15 is 0 Å². The Kier molecular flexibility index (Phi) is 15.7. The molecule has 0 aromatic heterocycles. The van der Waals surface area contributed by atoms with Crippen LogP contribution in [0.5, 0.6) is 0 Å². The van der Waals surface area contributed by atoms with Crippen molar-refractivity contribution in [1.82, 2.24) is 0 Å². The van der Waals surface area contributed by atoms with E-state index in [1.807, 2.05) is 27.7 Å². The molecule has 0 amide bonds. The van der Waals surface area contributed by atoms with Crippen LogP contribution in [-0.2, 0) is 57.1 Å². The molecule has 1 fully saturated rings. The lowest BCUT2D eigenvalue weighted by molar-refractivity contribution is -0.322. The number of rotatable bonds is 11. The molecule has 1 aliphatic carbocycles. The van der Waals surface area contributed by atoms with Gasteiger partial charge in [0.2, 0.25) is 0 Å². The Morgan fingerprint density at radius 2 is 1.09 bits per heavy atom. The van der Waals surface area contributed by atoms with Crippen molar-refractivity contribution in [3.63, 3.8) is 0 Å². The molecule has 12 nitrogen and oxygen atoms in total. The Morgan fingerprint density at radius 3 is 1.52 bits per heavy atom. The van der Waals surface area contributed by atoms with Crippen LogP contribution in [0.25, 0.3) is 0 Å². The monoisotopic (exact) mass is 795 g/mol. The largest absolute Gasteiger partial charge is 0.462 e. The second-order valence-electron chi connectivity index (χ2n) is 21.6. The molecule has 56 heavy (non-hydrogen) atoms. The number of allylic oxidation sites excluding steroid dienone is 1. The topological polar surface area (TPSA) is 150 Å². The van der Waals surface area contributed by atoms with Gasteiger partial charge in [0.25, 0.3) is 0 Å². The van der Waals surface area contributed by atoms with Crippen molar-refractivity contribution in [1.29, 1.82) is 0 Å². The molecule has 322 valence electrons. The molecule has 0 N–H and O–H groups in total. The summed E-state index contributed by atoms with van der Waals surface area (Å²) < 4.78 is 43.2. The Balaban J connectivity index is 2.64. The molecule has 1 heterocycles. The van der Waals surface area contributed by atoms with Gasteiger partial charge in [0.15, 0.2) is 24.6 Å². The van der Waals surface area contributed by atoms with E-state index in [2.05, 4.69) is 20.8 Å². The minimum Gasteiger partial charge on any atom is -0.462 e. The SMILES string of the molecule is CC1=C(CC[C@H](C)OC(=O)C(C)(C)C)C(C)(C)C[C@H](O[C@@H]2O[C@H](COC(=O)C(C)(C)C)[C@@H](OC(=O)C(C)(C)C)[C@H](OC(=O)C(C)(C)C)[C@H]2OC(=O)C(C)(C)C)C1. The van der Waals surface area contributed by atoms with Gasteiger partial charge in [-0.25, -0.2) is 0 Å². The van der Waals surface area contributed by atoms with Crippen molar-refractivity contribution < 1.29 is 57.1 Å². The summed E-state index contributed by atoms with van der Waals surface area (Å²) in [6, 6.07) is 0. The number of hydrogen-bond acceptors (Lipinski definition) is 12. The molecule has 2 aliphatic rings. The summed E-state index contributed by atoms with van der Waals surface area (Å²) in [5.41, 5.74) is -2.36. The van der Waals surface area contributed by atoms with Gasteiger partial charge in [-0.1, -0.05) is 25.0 Å². The van der Waals surface area contributed by atoms with Crippen LogP contribution < -0.4 is 0 Å². The van der Waals surface area contributed by atoms with Gasteiger partial charge < -0.3 is 33.2 Å². The van der Waals surface area contributed by atoms with Crippen LogP contribution in [0.4, 0.5) is 0 Å². The number of hydrogen-bond donors (Lipinski definition) is 0. The fraction of sp³-hybridized carbons (Fsp3) is 0.841. The van der Waals surface area contributed by atoms with E-state index < -0.39 is 87.8 Å². The summed E-state index contributed by atoms with van der Waals surface area (Å²) in [4.78, 5) is 66.4. The van der Waals surface area contributed by atoms with Crippen LogP contribution in [0.2, 0.25) is 0 Å². The lowest BCUT2D eigenvalue weighted by Gasteiger charge is -2.47. The average molecular weight is 795 g/mol. The molecule has 0 aromatic rings. The first kappa shape index (κ1) is 49.2. The molecule has 2 rings (SSSR count). The second-order valence-corrected chi connectivity index (χ2v) is 21.6. The summed E-state index contributed by atoms with van der Waals surface area (Å²) in [7, 11) is 0. The zero-order valence-electron chi connectivity index (χ0n) is 38.0. The van der Waals surface area contributed by atoms with E-state index in [1.54, 1.807) is 83.1 Å². The molecule has 0 aromatic carbocycles. The lowest BCUT2D eigenvalue weighted by atomic mass is 9.70. The van der Waals surface area contributed by atoms with Gasteiger partial charge in [-0.3, -0.25) is 24.0 Å². The number of ether oxygens (including phenoxy) is 7. The molecule has 0 bridgehead atoms. The number of carbonyl (C=O) groups is 5. The van der Waals surface area contributed by atoms with E-state index in [-0.39, 0.29) is 24.1 Å². The Bertz CT molecular complexity index is 1450. The van der Waals surface area contributed by atoms with Crippen molar-refractivity contribution in [2.45, 2.75) is 200 Å². The highest BCUT2D eigenvalue weighted by atomic mass is 16.7. The third-order valence-corrected chi connectivity index (χ3v) is 9.80. The molecule has 12 heteroatoms. The third-order valence-electron chi connectivity index (χ3n) is 9.80. The van der Waals surface area contributed by atoms with Crippen LogP contribution in [-0.4, -0.2) is 79.4 Å². The van der Waals surface area contributed by atoms with Gasteiger partial charge in [0.05, 0.1) is 39.3 Å². The van der Waals surface area contributed by atoms with Crippen LogP contribution in [0.15, 0.2) is 11.1 Å². The molecule has 0 unspecified atom stereocenters. The van der Waals surface area contributed by atoms with Crippen molar-refractivity contribution in [3.05, 3.63) is 11.1 Å². The highest BCUT2D eigenvalue weighted by Gasteiger charge is 2.56. The molecular weight excluding hydrogens is 720 g/mol. The maximum atomic E-state index is 13.7. The zero-order valence-corrected chi connectivity index (χ0v) is 38.0. The summed E-state index contributed by atoms with van der Waals surface area (Å²) in [5.74, 6) is -2.63. The molecular formula is C44H74O12. The van der Waals surface area contributed by atoms with E-state index in [0.717, 1.165) is 12.0 Å². The van der Waals surface area contributed by atoms with Gasteiger partial charge in [-0.2, -0.15) is 0 Å². The van der Waals surface area contributed by atoms with Crippen molar-refractivity contribution in [3.8, 4) is 0 Å². The average Bonchev–Trinajstić information content (AvgIpc) is 2.99. The zero-order chi connectivity index (χ0) is 43.6. The molecule has 0 radical (unpaired) electrons. The fourth-order valence-electron chi connectivity index (χ4n) is 6.21. The van der Waals surface area contributed by atoms with Crippen LogP contribution in [0.1, 0.15) is 157 Å². The Morgan fingerprint density at radius 1 is 0.661 bits per heavy atom. The minimum atomic E-state index is -1.39.